The van der Waals surface area contributed by atoms with Crippen LogP contribution in [-0.4, -0.2) is 31.8 Å². The molecule has 0 unspecified atom stereocenters. The number of allylic oxidation sites excluding steroid dienone is 1. The highest BCUT2D eigenvalue weighted by Crippen LogP contribution is 2.25. The van der Waals surface area contributed by atoms with Gasteiger partial charge in [-0.3, -0.25) is 14.2 Å². The highest BCUT2D eigenvalue weighted by atomic mass is 35.5. The molecule has 0 aliphatic carbocycles. The number of anilines is 1. The van der Waals surface area contributed by atoms with Crippen molar-refractivity contribution in [2.45, 2.75) is 23.9 Å². The van der Waals surface area contributed by atoms with Gasteiger partial charge in [-0.1, -0.05) is 35.5 Å². The van der Waals surface area contributed by atoms with Crippen molar-refractivity contribution >= 4 is 51.8 Å². The van der Waals surface area contributed by atoms with Crippen molar-refractivity contribution in [1.82, 2.24) is 9.55 Å². The van der Waals surface area contributed by atoms with Crippen molar-refractivity contribution in [2.24, 2.45) is 0 Å². The van der Waals surface area contributed by atoms with E-state index in [1.54, 1.807) is 37.3 Å². The van der Waals surface area contributed by atoms with Crippen LogP contribution in [0.15, 0.2) is 65.1 Å². The molecule has 2 aromatic carbocycles. The molecule has 3 aromatic rings. The second-order valence-corrected chi connectivity index (χ2v) is 8.14. The summed E-state index contributed by atoms with van der Waals surface area (Å²) in [5, 5.41) is 12.5. The van der Waals surface area contributed by atoms with E-state index in [0.717, 1.165) is 11.8 Å². The van der Waals surface area contributed by atoms with E-state index in [0.29, 0.717) is 21.3 Å². The normalized spacial score (nSPS) is 11.8. The number of carboxylic acid groups (broad SMARTS) is 1. The largest absolute Gasteiger partial charge is 0.478 e. The Hall–Kier alpha value is -3.10. The van der Waals surface area contributed by atoms with Gasteiger partial charge in [0.1, 0.15) is 0 Å². The number of benzene rings is 2. The first-order valence-electron chi connectivity index (χ1n) is 8.92. The summed E-state index contributed by atoms with van der Waals surface area (Å²) in [6, 6.07) is 10.9. The van der Waals surface area contributed by atoms with Gasteiger partial charge in [0.2, 0.25) is 5.91 Å². The van der Waals surface area contributed by atoms with E-state index in [2.05, 4.69) is 16.9 Å². The summed E-state index contributed by atoms with van der Waals surface area (Å²) >= 11 is 7.04. The van der Waals surface area contributed by atoms with Gasteiger partial charge in [0, 0.05) is 17.3 Å². The summed E-state index contributed by atoms with van der Waals surface area (Å²) in [5.74, 6) is -1.40. The van der Waals surface area contributed by atoms with Crippen molar-refractivity contribution in [3.63, 3.8) is 0 Å². The summed E-state index contributed by atoms with van der Waals surface area (Å²) in [4.78, 5) is 41.2. The molecule has 0 saturated heterocycles. The number of fused-ring (bicyclic) bond motifs is 1. The standard InChI is InChI=1S/C21H18ClN3O4S/c1-3-9-25-19(27)16-8-7-13(20(28)29)10-17(16)24-21(25)30-12(2)18(26)23-15-6-4-5-14(22)11-15/h3-8,10-12H,1,9H2,2H3,(H,23,26)(H,28,29)/t12-/m0/s1. The van der Waals surface area contributed by atoms with Crippen LogP contribution in [0, 0.1) is 0 Å². The number of carbonyl (C=O) groups is 2. The van der Waals surface area contributed by atoms with Gasteiger partial charge in [-0.05, 0) is 43.3 Å². The van der Waals surface area contributed by atoms with Crippen LogP contribution < -0.4 is 10.9 Å². The average Bonchev–Trinajstić information content (AvgIpc) is 2.70. The van der Waals surface area contributed by atoms with Crippen LogP contribution in [0.4, 0.5) is 5.69 Å². The number of nitrogens with zero attached hydrogens (tertiary/aromatic N) is 2. The highest BCUT2D eigenvalue weighted by molar-refractivity contribution is 8.00. The fourth-order valence-electron chi connectivity index (χ4n) is 2.74. The minimum atomic E-state index is -1.11. The molecule has 7 nitrogen and oxygen atoms in total. The number of nitrogens with one attached hydrogen (secondary N) is 1. The number of hydrogen-bond donors (Lipinski definition) is 2. The van der Waals surface area contributed by atoms with E-state index in [4.69, 9.17) is 11.6 Å². The van der Waals surface area contributed by atoms with Crippen LogP contribution >= 0.6 is 23.4 Å². The summed E-state index contributed by atoms with van der Waals surface area (Å²) in [7, 11) is 0. The average molecular weight is 444 g/mol. The molecule has 154 valence electrons. The van der Waals surface area contributed by atoms with Crippen LogP contribution in [-0.2, 0) is 11.3 Å². The van der Waals surface area contributed by atoms with Gasteiger partial charge >= 0.3 is 5.97 Å². The molecule has 3 rings (SSSR count). The van der Waals surface area contributed by atoms with E-state index < -0.39 is 11.2 Å². The summed E-state index contributed by atoms with van der Waals surface area (Å²) in [6.45, 7) is 5.56. The molecule has 2 N–H and O–H groups in total. The Morgan fingerprint density at radius 2 is 2.10 bits per heavy atom. The second-order valence-electron chi connectivity index (χ2n) is 6.40. The van der Waals surface area contributed by atoms with Gasteiger partial charge in [-0.15, -0.1) is 6.58 Å². The molecule has 1 amide bonds. The van der Waals surface area contributed by atoms with Crippen molar-refractivity contribution in [3.05, 3.63) is 76.1 Å². The third-order valence-corrected chi connectivity index (χ3v) is 5.55. The smallest absolute Gasteiger partial charge is 0.335 e. The van der Waals surface area contributed by atoms with Crippen molar-refractivity contribution in [3.8, 4) is 0 Å². The monoisotopic (exact) mass is 443 g/mol. The molecule has 0 aliphatic heterocycles. The zero-order valence-corrected chi connectivity index (χ0v) is 17.5. The lowest BCUT2D eigenvalue weighted by Gasteiger charge is -2.16. The maximum absolute atomic E-state index is 12.9. The minimum Gasteiger partial charge on any atom is -0.478 e. The number of halogens is 1. The Morgan fingerprint density at radius 3 is 2.77 bits per heavy atom. The first-order valence-corrected chi connectivity index (χ1v) is 10.2. The number of hydrogen-bond acceptors (Lipinski definition) is 5. The molecule has 1 atom stereocenters. The van der Waals surface area contributed by atoms with Gasteiger partial charge in [-0.2, -0.15) is 0 Å². The van der Waals surface area contributed by atoms with E-state index >= 15 is 0 Å². The van der Waals surface area contributed by atoms with Gasteiger partial charge < -0.3 is 10.4 Å². The molecule has 0 saturated carbocycles. The third-order valence-electron chi connectivity index (χ3n) is 4.22. The van der Waals surface area contributed by atoms with Gasteiger partial charge in [-0.25, -0.2) is 9.78 Å². The number of carbonyl (C=O) groups excluding carboxylic acids is 1. The van der Waals surface area contributed by atoms with Gasteiger partial charge in [0.05, 0.1) is 21.7 Å². The number of aromatic nitrogens is 2. The molecule has 1 aromatic heterocycles. The van der Waals surface area contributed by atoms with Crippen LogP contribution in [0.2, 0.25) is 5.02 Å². The molecule has 0 radical (unpaired) electrons. The fourth-order valence-corrected chi connectivity index (χ4v) is 3.84. The SMILES string of the molecule is C=CCn1c(S[C@@H](C)C(=O)Nc2cccc(Cl)c2)nc2cc(C(=O)O)ccc2c1=O. The zero-order chi connectivity index (χ0) is 21.8. The number of thioether (sulfide) groups is 1. The predicted octanol–water partition coefficient (Wildman–Crippen LogP) is 4.05. The van der Waals surface area contributed by atoms with E-state index in [1.807, 2.05) is 0 Å². The van der Waals surface area contributed by atoms with E-state index in [9.17, 15) is 19.5 Å². The molecule has 0 spiro atoms. The first-order chi connectivity index (χ1) is 14.3. The predicted molar refractivity (Wildman–Crippen MR) is 119 cm³/mol. The Bertz CT molecular complexity index is 1210. The van der Waals surface area contributed by atoms with Gasteiger partial charge in [0.25, 0.3) is 5.56 Å². The summed E-state index contributed by atoms with van der Waals surface area (Å²) < 4.78 is 1.41. The molecule has 30 heavy (non-hydrogen) atoms. The van der Waals surface area contributed by atoms with Crippen molar-refractivity contribution < 1.29 is 14.7 Å². The van der Waals surface area contributed by atoms with Gasteiger partial charge in [0.15, 0.2) is 5.16 Å². The van der Waals surface area contributed by atoms with E-state index in [-0.39, 0.29) is 29.1 Å². The number of aromatic carboxylic acids is 1. The van der Waals surface area contributed by atoms with Crippen molar-refractivity contribution in [2.75, 3.05) is 5.32 Å². The lowest BCUT2D eigenvalue weighted by molar-refractivity contribution is -0.115. The molecule has 0 aliphatic rings. The molecule has 1 heterocycles. The third kappa shape index (κ3) is 4.72. The zero-order valence-electron chi connectivity index (χ0n) is 16.0. The molecule has 0 fully saturated rings. The Kier molecular flexibility index (Phi) is 6.59. The molecule has 0 bridgehead atoms. The first kappa shape index (κ1) is 21.6. The fraction of sp³-hybridized carbons (Fsp3) is 0.143. The van der Waals surface area contributed by atoms with Crippen LogP contribution in [0.1, 0.15) is 17.3 Å². The maximum atomic E-state index is 12.9. The van der Waals surface area contributed by atoms with Crippen molar-refractivity contribution in [1.29, 1.82) is 0 Å². The van der Waals surface area contributed by atoms with Crippen LogP contribution in [0.25, 0.3) is 10.9 Å². The topological polar surface area (TPSA) is 101 Å². The molecule has 9 heteroatoms. The van der Waals surface area contributed by atoms with Crippen LogP contribution in [0.3, 0.4) is 0 Å². The number of rotatable bonds is 7. The number of amides is 1. The highest BCUT2D eigenvalue weighted by Gasteiger charge is 2.20. The lowest BCUT2D eigenvalue weighted by Crippen LogP contribution is -2.27. The molecular formula is C21H18ClN3O4S. The second kappa shape index (κ2) is 9.15. The Morgan fingerprint density at radius 1 is 1.33 bits per heavy atom. The summed E-state index contributed by atoms with van der Waals surface area (Å²) in [6.07, 6.45) is 1.56. The van der Waals surface area contributed by atoms with Crippen LogP contribution in [0.5, 0.6) is 0 Å². The number of carboxylic acids is 1. The van der Waals surface area contributed by atoms with E-state index in [1.165, 1.54) is 22.8 Å². The Labute approximate surface area is 181 Å². The molecular weight excluding hydrogens is 426 g/mol. The Balaban J connectivity index is 1.95. The summed E-state index contributed by atoms with van der Waals surface area (Å²) in [5.41, 5.74) is 0.506. The quantitative estimate of drug-likeness (QED) is 0.324. The lowest BCUT2D eigenvalue weighted by atomic mass is 10.1. The minimum absolute atomic E-state index is 0.0265. The maximum Gasteiger partial charge on any atom is 0.335 e.